The minimum atomic E-state index is -0.358. The molecule has 162 valence electrons. The van der Waals surface area contributed by atoms with E-state index >= 15 is 0 Å². The normalized spacial score (nSPS) is 11.9. The van der Waals surface area contributed by atoms with Crippen LogP contribution < -0.4 is 10.6 Å². The van der Waals surface area contributed by atoms with E-state index in [1.54, 1.807) is 24.3 Å². The average Bonchev–Trinajstić information content (AvgIpc) is 3.01. The number of amides is 2. The first-order chi connectivity index (χ1) is 14.8. The van der Waals surface area contributed by atoms with Crippen LogP contribution in [0.2, 0.25) is 0 Å². The van der Waals surface area contributed by atoms with E-state index in [0.717, 1.165) is 22.6 Å². The van der Waals surface area contributed by atoms with Crippen molar-refractivity contribution >= 4 is 23.2 Å². The van der Waals surface area contributed by atoms with Gasteiger partial charge in [0, 0.05) is 36.1 Å². The van der Waals surface area contributed by atoms with Gasteiger partial charge in [-0.1, -0.05) is 24.3 Å². The van der Waals surface area contributed by atoms with Crippen molar-refractivity contribution in [2.24, 2.45) is 0 Å². The Morgan fingerprint density at radius 3 is 2.32 bits per heavy atom. The molecule has 31 heavy (non-hydrogen) atoms. The molecule has 7 heteroatoms. The van der Waals surface area contributed by atoms with E-state index in [0.29, 0.717) is 17.9 Å². The summed E-state index contributed by atoms with van der Waals surface area (Å²) in [5, 5.41) is 10.3. The van der Waals surface area contributed by atoms with Gasteiger partial charge in [-0.2, -0.15) is 5.10 Å². The van der Waals surface area contributed by atoms with Crippen LogP contribution in [0.1, 0.15) is 30.8 Å². The Morgan fingerprint density at radius 1 is 1.03 bits per heavy atom. The molecule has 0 bridgehead atoms. The molecule has 1 aromatic heterocycles. The van der Waals surface area contributed by atoms with Gasteiger partial charge in [0.1, 0.15) is 0 Å². The van der Waals surface area contributed by atoms with Crippen molar-refractivity contribution < 1.29 is 9.59 Å². The van der Waals surface area contributed by atoms with Gasteiger partial charge >= 0.3 is 0 Å². The topological polar surface area (TPSA) is 79.3 Å². The summed E-state index contributed by atoms with van der Waals surface area (Å²) in [5.41, 5.74) is 5.42. The Bertz CT molecular complexity index is 1070. The van der Waals surface area contributed by atoms with Gasteiger partial charge < -0.3 is 10.6 Å². The van der Waals surface area contributed by atoms with Gasteiger partial charge in [-0.05, 0) is 58.2 Å². The zero-order chi connectivity index (χ0) is 22.5. The number of aromatic nitrogens is 2. The standard InChI is InChI=1S/C24H29N5O2/c1-16-23(17(2)29(27-16)22-12-7-6-8-13-22)15-28(5)18(3)24(31)26-21-11-9-10-20(14-21)25-19(4)30/h6-14,18H,15H2,1-5H3,(H,25,30)(H,26,31). The van der Waals surface area contributed by atoms with Crippen molar-refractivity contribution in [3.05, 3.63) is 71.5 Å². The van der Waals surface area contributed by atoms with Crippen LogP contribution in [0.4, 0.5) is 11.4 Å². The molecule has 2 N–H and O–H groups in total. The minimum Gasteiger partial charge on any atom is -0.326 e. The fourth-order valence-corrected chi connectivity index (χ4v) is 3.44. The van der Waals surface area contributed by atoms with Crippen molar-refractivity contribution in [3.63, 3.8) is 0 Å². The third kappa shape index (κ3) is 5.38. The number of hydrogen-bond donors (Lipinski definition) is 2. The van der Waals surface area contributed by atoms with Crippen molar-refractivity contribution in [2.75, 3.05) is 17.7 Å². The van der Waals surface area contributed by atoms with Gasteiger partial charge in [0.25, 0.3) is 0 Å². The van der Waals surface area contributed by atoms with Crippen LogP contribution in [0.15, 0.2) is 54.6 Å². The number of hydrogen-bond acceptors (Lipinski definition) is 4. The first-order valence-corrected chi connectivity index (χ1v) is 10.3. The van der Waals surface area contributed by atoms with Crippen LogP contribution in [0.3, 0.4) is 0 Å². The number of nitrogens with zero attached hydrogens (tertiary/aromatic N) is 3. The lowest BCUT2D eigenvalue weighted by atomic mass is 10.1. The van der Waals surface area contributed by atoms with Gasteiger partial charge in [-0.3, -0.25) is 14.5 Å². The molecule has 3 aromatic rings. The summed E-state index contributed by atoms with van der Waals surface area (Å²) in [5.74, 6) is -0.272. The Labute approximate surface area is 183 Å². The molecule has 2 amide bonds. The number of aryl methyl sites for hydroxylation is 1. The Balaban J connectivity index is 1.69. The summed E-state index contributed by atoms with van der Waals surface area (Å²) in [7, 11) is 1.93. The zero-order valence-electron chi connectivity index (χ0n) is 18.6. The monoisotopic (exact) mass is 419 g/mol. The number of likely N-dealkylation sites (N-methyl/N-ethyl adjacent to an activating group) is 1. The quantitative estimate of drug-likeness (QED) is 0.609. The number of rotatable bonds is 7. The van der Waals surface area contributed by atoms with Crippen LogP contribution in [0.25, 0.3) is 5.69 Å². The first-order valence-electron chi connectivity index (χ1n) is 10.3. The molecule has 0 fully saturated rings. The van der Waals surface area contributed by atoms with Crippen LogP contribution in [0, 0.1) is 13.8 Å². The number of para-hydroxylation sites is 1. The maximum Gasteiger partial charge on any atom is 0.241 e. The largest absolute Gasteiger partial charge is 0.326 e. The smallest absolute Gasteiger partial charge is 0.241 e. The molecule has 7 nitrogen and oxygen atoms in total. The van der Waals surface area contributed by atoms with Crippen LogP contribution in [-0.2, 0) is 16.1 Å². The van der Waals surface area contributed by atoms with Crippen LogP contribution in [0.5, 0.6) is 0 Å². The van der Waals surface area contributed by atoms with Crippen molar-refractivity contribution in [1.29, 1.82) is 0 Å². The fraction of sp³-hybridized carbons (Fsp3) is 0.292. The summed E-state index contributed by atoms with van der Waals surface area (Å²) in [6.45, 7) is 7.97. The second-order valence-corrected chi connectivity index (χ2v) is 7.74. The maximum atomic E-state index is 12.8. The molecule has 3 rings (SSSR count). The molecule has 1 heterocycles. The predicted molar refractivity (Wildman–Crippen MR) is 123 cm³/mol. The van der Waals surface area contributed by atoms with Gasteiger partial charge in [0.15, 0.2) is 0 Å². The van der Waals surface area contributed by atoms with E-state index in [1.165, 1.54) is 6.92 Å². The Hall–Kier alpha value is -3.45. The highest BCUT2D eigenvalue weighted by atomic mass is 16.2. The first kappa shape index (κ1) is 22.2. The molecular formula is C24H29N5O2. The predicted octanol–water partition coefficient (Wildman–Crippen LogP) is 3.91. The summed E-state index contributed by atoms with van der Waals surface area (Å²) in [6.07, 6.45) is 0. The molecule has 0 saturated heterocycles. The molecule has 1 unspecified atom stereocenters. The number of nitrogens with one attached hydrogen (secondary N) is 2. The molecular weight excluding hydrogens is 390 g/mol. The lowest BCUT2D eigenvalue weighted by Gasteiger charge is -2.24. The van der Waals surface area contributed by atoms with Crippen LogP contribution in [-0.4, -0.2) is 39.6 Å². The number of carbonyl (C=O) groups excluding carboxylic acids is 2. The molecule has 1 atom stereocenters. The van der Waals surface area contributed by atoms with Gasteiger partial charge in [-0.15, -0.1) is 0 Å². The lowest BCUT2D eigenvalue weighted by Crippen LogP contribution is -2.39. The van der Waals surface area contributed by atoms with Crippen LogP contribution >= 0.6 is 0 Å². The minimum absolute atomic E-state index is 0.117. The van der Waals surface area contributed by atoms with Crippen molar-refractivity contribution in [3.8, 4) is 5.69 Å². The highest BCUT2D eigenvalue weighted by Crippen LogP contribution is 2.21. The maximum absolute atomic E-state index is 12.8. The zero-order valence-corrected chi connectivity index (χ0v) is 18.6. The van der Waals surface area contributed by atoms with E-state index in [1.807, 2.05) is 60.8 Å². The Morgan fingerprint density at radius 2 is 1.68 bits per heavy atom. The summed E-state index contributed by atoms with van der Waals surface area (Å²) in [6, 6.07) is 16.8. The van der Waals surface area contributed by atoms with Gasteiger partial charge in [-0.25, -0.2) is 4.68 Å². The molecule has 2 aromatic carbocycles. The number of benzene rings is 2. The van der Waals surface area contributed by atoms with E-state index in [9.17, 15) is 9.59 Å². The summed E-state index contributed by atoms with van der Waals surface area (Å²) in [4.78, 5) is 26.1. The molecule has 0 aliphatic heterocycles. The highest BCUT2D eigenvalue weighted by molar-refractivity contribution is 5.96. The van der Waals surface area contributed by atoms with Crippen molar-refractivity contribution in [2.45, 2.75) is 40.3 Å². The molecule has 0 saturated carbocycles. The molecule has 0 aliphatic rings. The summed E-state index contributed by atoms with van der Waals surface area (Å²) >= 11 is 0. The van der Waals surface area contributed by atoms with Crippen molar-refractivity contribution in [1.82, 2.24) is 14.7 Å². The fourth-order valence-electron chi connectivity index (χ4n) is 3.44. The lowest BCUT2D eigenvalue weighted by molar-refractivity contribution is -0.120. The second-order valence-electron chi connectivity index (χ2n) is 7.74. The summed E-state index contributed by atoms with van der Waals surface area (Å²) < 4.78 is 1.94. The third-order valence-electron chi connectivity index (χ3n) is 5.34. The Kier molecular flexibility index (Phi) is 6.87. The second kappa shape index (κ2) is 9.57. The third-order valence-corrected chi connectivity index (χ3v) is 5.34. The molecule has 0 aliphatic carbocycles. The van der Waals surface area contributed by atoms with E-state index in [-0.39, 0.29) is 17.9 Å². The van der Waals surface area contributed by atoms with E-state index in [2.05, 4.69) is 17.6 Å². The number of anilines is 2. The molecule has 0 radical (unpaired) electrons. The number of carbonyl (C=O) groups is 2. The van der Waals surface area contributed by atoms with Gasteiger partial charge in [0.2, 0.25) is 11.8 Å². The highest BCUT2D eigenvalue weighted by Gasteiger charge is 2.22. The SMILES string of the molecule is CC(=O)Nc1cccc(NC(=O)C(C)N(C)Cc2c(C)nn(-c3ccccc3)c2C)c1. The van der Waals surface area contributed by atoms with E-state index < -0.39 is 0 Å². The van der Waals surface area contributed by atoms with Gasteiger partial charge in [0.05, 0.1) is 17.4 Å². The molecule has 0 spiro atoms. The average molecular weight is 420 g/mol. The van der Waals surface area contributed by atoms with E-state index in [4.69, 9.17) is 5.10 Å².